The summed E-state index contributed by atoms with van der Waals surface area (Å²) in [6.45, 7) is 16.3. The summed E-state index contributed by atoms with van der Waals surface area (Å²) >= 11 is 0. The Labute approximate surface area is 197 Å². The number of allylic oxidation sites excluding steroid dienone is 5. The first kappa shape index (κ1) is 26.8. The van der Waals surface area contributed by atoms with Crippen molar-refractivity contribution in [2.45, 2.75) is 85.5 Å². The van der Waals surface area contributed by atoms with Gasteiger partial charge in [-0.1, -0.05) is 40.7 Å². The number of benzene rings is 1. The molecule has 0 fully saturated rings. The van der Waals surface area contributed by atoms with E-state index >= 15 is 4.39 Å². The van der Waals surface area contributed by atoms with E-state index in [-0.39, 0.29) is 23.0 Å². The van der Waals surface area contributed by atoms with Crippen LogP contribution in [0.15, 0.2) is 41.5 Å². The molecular formula is C28H38F2O3. The molecule has 3 nitrogen and oxygen atoms in total. The highest BCUT2D eigenvalue weighted by molar-refractivity contribution is 5.87. The average molecular weight is 461 g/mol. The highest BCUT2D eigenvalue weighted by Gasteiger charge is 2.38. The van der Waals surface area contributed by atoms with E-state index in [2.05, 4.69) is 44.6 Å². The monoisotopic (exact) mass is 460 g/mol. The normalized spacial score (nSPS) is 18.4. The maximum atomic E-state index is 15.4. The topological polar surface area (TPSA) is 35.5 Å². The van der Waals surface area contributed by atoms with Crippen molar-refractivity contribution in [3.05, 3.63) is 58.2 Å². The maximum Gasteiger partial charge on any atom is 0.367 e. The third-order valence-corrected chi connectivity index (χ3v) is 6.50. The van der Waals surface area contributed by atoms with Crippen LogP contribution in [0.25, 0.3) is 5.57 Å². The minimum atomic E-state index is -1.04. The van der Waals surface area contributed by atoms with Crippen LogP contribution in [0, 0.1) is 0 Å². The van der Waals surface area contributed by atoms with Crippen LogP contribution in [0.2, 0.25) is 0 Å². The van der Waals surface area contributed by atoms with Crippen LogP contribution in [0.4, 0.5) is 8.78 Å². The van der Waals surface area contributed by atoms with E-state index in [1.807, 2.05) is 13.8 Å². The van der Waals surface area contributed by atoms with Crippen LogP contribution < -0.4 is 4.74 Å². The number of rotatable bonds is 8. The standard InChI is InChI=1S/C28H38F2O3/c1-9-19(23(29)13-12-18(4)25(30)26(31)33-11-3)20-16-21-22(17-24(20)32-10-2)28(7,8)15-14-27(21,5)6/h12-13,16-17H,9-11,14-15H2,1-8H3. The molecule has 0 amide bonds. The fourth-order valence-electron chi connectivity index (χ4n) is 4.32. The van der Waals surface area contributed by atoms with Crippen LogP contribution in [-0.4, -0.2) is 19.2 Å². The minimum Gasteiger partial charge on any atom is -0.493 e. The molecule has 0 aliphatic heterocycles. The van der Waals surface area contributed by atoms with Gasteiger partial charge in [-0.25, -0.2) is 9.18 Å². The van der Waals surface area contributed by atoms with E-state index in [0.29, 0.717) is 24.4 Å². The predicted molar refractivity (Wildman–Crippen MR) is 131 cm³/mol. The maximum absolute atomic E-state index is 15.4. The number of halogens is 2. The molecule has 0 heterocycles. The van der Waals surface area contributed by atoms with E-state index in [4.69, 9.17) is 4.74 Å². The van der Waals surface area contributed by atoms with Crippen molar-refractivity contribution in [1.82, 2.24) is 0 Å². The summed E-state index contributed by atoms with van der Waals surface area (Å²) in [5.41, 5.74) is 3.66. The molecule has 0 bridgehead atoms. The van der Waals surface area contributed by atoms with Crippen molar-refractivity contribution in [2.75, 3.05) is 13.2 Å². The van der Waals surface area contributed by atoms with Crippen molar-refractivity contribution in [1.29, 1.82) is 0 Å². The largest absolute Gasteiger partial charge is 0.493 e. The van der Waals surface area contributed by atoms with Crippen molar-refractivity contribution in [3.63, 3.8) is 0 Å². The molecule has 5 heteroatoms. The zero-order valence-corrected chi connectivity index (χ0v) is 21.3. The Hall–Kier alpha value is -2.43. The first-order valence-corrected chi connectivity index (χ1v) is 11.8. The Morgan fingerprint density at radius 2 is 1.55 bits per heavy atom. The molecule has 0 aromatic heterocycles. The molecule has 1 aromatic rings. The zero-order chi connectivity index (χ0) is 25.0. The number of carbonyl (C=O) groups is 1. The molecule has 0 N–H and O–H groups in total. The fraction of sp³-hybridized carbons (Fsp3) is 0.536. The first-order valence-electron chi connectivity index (χ1n) is 11.8. The van der Waals surface area contributed by atoms with Gasteiger partial charge in [0.2, 0.25) is 5.83 Å². The molecule has 1 aliphatic carbocycles. The van der Waals surface area contributed by atoms with Crippen molar-refractivity contribution < 1.29 is 23.0 Å². The number of hydrogen-bond acceptors (Lipinski definition) is 3. The summed E-state index contributed by atoms with van der Waals surface area (Å²) in [6, 6.07) is 4.16. The van der Waals surface area contributed by atoms with Gasteiger partial charge >= 0.3 is 5.97 Å². The molecule has 182 valence electrons. The molecule has 0 atom stereocenters. The zero-order valence-electron chi connectivity index (χ0n) is 21.3. The molecule has 0 saturated heterocycles. The van der Waals surface area contributed by atoms with Gasteiger partial charge < -0.3 is 9.47 Å². The minimum absolute atomic E-state index is 0.0102. The highest BCUT2D eigenvalue weighted by Crippen LogP contribution is 2.49. The van der Waals surface area contributed by atoms with Gasteiger partial charge in [0.05, 0.1) is 13.2 Å². The van der Waals surface area contributed by atoms with E-state index in [1.165, 1.54) is 30.2 Å². The predicted octanol–water partition coefficient (Wildman–Crippen LogP) is 7.89. The third-order valence-electron chi connectivity index (χ3n) is 6.50. The van der Waals surface area contributed by atoms with Crippen molar-refractivity contribution in [2.24, 2.45) is 0 Å². The lowest BCUT2D eigenvalue weighted by Crippen LogP contribution is -2.34. The molecule has 0 saturated carbocycles. The molecule has 1 aliphatic rings. The Morgan fingerprint density at radius 3 is 2.06 bits per heavy atom. The van der Waals surface area contributed by atoms with Crippen molar-refractivity contribution >= 4 is 11.5 Å². The Bertz CT molecular complexity index is 981. The van der Waals surface area contributed by atoms with Gasteiger partial charge in [0.25, 0.3) is 0 Å². The number of carbonyl (C=O) groups excluding carboxylic acids is 1. The second-order valence-electron chi connectivity index (χ2n) is 9.83. The lowest BCUT2D eigenvalue weighted by atomic mass is 9.62. The lowest BCUT2D eigenvalue weighted by molar-refractivity contribution is -0.140. The summed E-state index contributed by atoms with van der Waals surface area (Å²) in [7, 11) is 0. The van der Waals surface area contributed by atoms with Crippen LogP contribution in [-0.2, 0) is 20.4 Å². The lowest BCUT2D eigenvalue weighted by Gasteiger charge is -2.42. The Balaban J connectivity index is 2.63. The molecular weight excluding hydrogens is 422 g/mol. The Morgan fingerprint density at radius 1 is 0.970 bits per heavy atom. The van der Waals surface area contributed by atoms with Gasteiger partial charge in [0, 0.05) is 5.56 Å². The highest BCUT2D eigenvalue weighted by atomic mass is 19.1. The second kappa shape index (κ2) is 10.7. The number of hydrogen-bond donors (Lipinski definition) is 0. The van der Waals surface area contributed by atoms with Crippen LogP contribution in [0.1, 0.15) is 91.3 Å². The molecule has 33 heavy (non-hydrogen) atoms. The van der Waals surface area contributed by atoms with Crippen LogP contribution >= 0.6 is 0 Å². The number of fused-ring (bicyclic) bond motifs is 1. The summed E-state index contributed by atoms with van der Waals surface area (Å²) in [5.74, 6) is -1.89. The van der Waals surface area contributed by atoms with Gasteiger partial charge in [0.1, 0.15) is 11.6 Å². The molecule has 0 spiro atoms. The average Bonchev–Trinajstić information content (AvgIpc) is 2.76. The van der Waals surface area contributed by atoms with E-state index in [9.17, 15) is 9.18 Å². The first-order chi connectivity index (χ1) is 15.4. The van der Waals surface area contributed by atoms with Gasteiger partial charge in [-0.05, 0) is 91.3 Å². The molecule has 0 unspecified atom stereocenters. The van der Waals surface area contributed by atoms with Gasteiger partial charge in [0.15, 0.2) is 0 Å². The molecule has 1 aromatic carbocycles. The van der Waals surface area contributed by atoms with E-state index in [0.717, 1.165) is 18.4 Å². The van der Waals surface area contributed by atoms with Crippen LogP contribution in [0.3, 0.4) is 0 Å². The number of ether oxygens (including phenoxy) is 2. The third kappa shape index (κ3) is 5.93. The van der Waals surface area contributed by atoms with E-state index < -0.39 is 17.6 Å². The summed E-state index contributed by atoms with van der Waals surface area (Å²) < 4.78 is 40.2. The molecule has 2 rings (SSSR count). The van der Waals surface area contributed by atoms with Crippen LogP contribution in [0.5, 0.6) is 5.75 Å². The van der Waals surface area contributed by atoms with E-state index in [1.54, 1.807) is 6.92 Å². The van der Waals surface area contributed by atoms with Gasteiger partial charge in [-0.15, -0.1) is 0 Å². The fourth-order valence-corrected chi connectivity index (χ4v) is 4.32. The summed E-state index contributed by atoms with van der Waals surface area (Å²) in [5, 5.41) is 0. The Kier molecular flexibility index (Phi) is 8.67. The van der Waals surface area contributed by atoms with Gasteiger partial charge in [-0.3, -0.25) is 0 Å². The van der Waals surface area contributed by atoms with Gasteiger partial charge in [-0.2, -0.15) is 4.39 Å². The molecule has 0 radical (unpaired) electrons. The SMILES string of the molecule is CCOC(=O)C(F)=C(C)C=CC(F)=C(CC)c1cc2c(cc1OCC)C(C)(C)CCC2(C)C. The summed E-state index contributed by atoms with van der Waals surface area (Å²) in [6.07, 6.45) is 5.02. The van der Waals surface area contributed by atoms with Crippen molar-refractivity contribution in [3.8, 4) is 5.75 Å². The number of esters is 1. The smallest absolute Gasteiger partial charge is 0.367 e. The summed E-state index contributed by atoms with van der Waals surface area (Å²) in [4.78, 5) is 11.6. The quantitative estimate of drug-likeness (QED) is 0.225. The second-order valence-corrected chi connectivity index (χ2v) is 9.83.